The summed E-state index contributed by atoms with van der Waals surface area (Å²) in [5, 5.41) is 21.2. The summed E-state index contributed by atoms with van der Waals surface area (Å²) in [6.07, 6.45) is 3.08. The standard InChI is InChI=1S/C24H24N2O4/c27-18-12-16-10-11-17(13-18)25(16)14-21-22(24(29)30)19-8-4-5-9-20(19)23(28)26(21)15-6-2-1-3-7-15/h1-9,16-18,27H,10-14H2,(H,29,30)/t16-,17-/m1/s1. The van der Waals surface area contributed by atoms with Gasteiger partial charge in [-0.05, 0) is 43.9 Å². The predicted molar refractivity (Wildman–Crippen MR) is 114 cm³/mol. The zero-order valence-electron chi connectivity index (χ0n) is 16.6. The van der Waals surface area contributed by atoms with Crippen molar-refractivity contribution in [1.29, 1.82) is 0 Å². The quantitative estimate of drug-likeness (QED) is 0.698. The maximum Gasteiger partial charge on any atom is 0.338 e. The molecule has 0 saturated carbocycles. The molecule has 0 unspecified atom stereocenters. The zero-order valence-corrected chi connectivity index (χ0v) is 16.6. The van der Waals surface area contributed by atoms with Crippen molar-refractivity contribution in [3.05, 3.63) is 76.2 Å². The van der Waals surface area contributed by atoms with E-state index in [2.05, 4.69) is 4.90 Å². The summed E-state index contributed by atoms with van der Waals surface area (Å²) in [6.45, 7) is 0.374. The zero-order chi connectivity index (χ0) is 20.8. The van der Waals surface area contributed by atoms with Crippen molar-refractivity contribution in [2.75, 3.05) is 0 Å². The molecule has 5 rings (SSSR count). The van der Waals surface area contributed by atoms with Crippen LogP contribution in [-0.2, 0) is 6.54 Å². The molecule has 2 saturated heterocycles. The van der Waals surface area contributed by atoms with E-state index in [0.29, 0.717) is 41.5 Å². The second-order valence-electron chi connectivity index (χ2n) is 8.33. The van der Waals surface area contributed by atoms with Gasteiger partial charge in [-0.25, -0.2) is 4.79 Å². The second kappa shape index (κ2) is 7.38. The normalized spacial score (nSPS) is 23.7. The molecule has 6 nitrogen and oxygen atoms in total. The van der Waals surface area contributed by atoms with Gasteiger partial charge in [0.2, 0.25) is 0 Å². The summed E-state index contributed by atoms with van der Waals surface area (Å²) in [5.41, 5.74) is 1.14. The van der Waals surface area contributed by atoms with Gasteiger partial charge in [0.25, 0.3) is 5.56 Å². The predicted octanol–water partition coefficient (Wildman–Crippen LogP) is 3.18. The first kappa shape index (κ1) is 19.0. The number of piperidine rings is 1. The van der Waals surface area contributed by atoms with Crippen LogP contribution >= 0.6 is 0 Å². The molecule has 0 amide bonds. The number of aromatic carboxylic acids is 1. The van der Waals surface area contributed by atoms with Crippen LogP contribution in [0.3, 0.4) is 0 Å². The number of nitrogens with zero attached hydrogens (tertiary/aromatic N) is 2. The minimum atomic E-state index is -1.03. The van der Waals surface area contributed by atoms with Crippen molar-refractivity contribution in [2.24, 2.45) is 0 Å². The summed E-state index contributed by atoms with van der Waals surface area (Å²) in [5.74, 6) is -1.03. The van der Waals surface area contributed by atoms with E-state index in [1.807, 2.05) is 30.3 Å². The third-order valence-corrected chi connectivity index (χ3v) is 6.61. The largest absolute Gasteiger partial charge is 0.478 e. The van der Waals surface area contributed by atoms with E-state index < -0.39 is 5.97 Å². The van der Waals surface area contributed by atoms with Crippen molar-refractivity contribution < 1.29 is 15.0 Å². The minimum Gasteiger partial charge on any atom is -0.478 e. The lowest BCUT2D eigenvalue weighted by Crippen LogP contribution is -2.45. The van der Waals surface area contributed by atoms with Crippen molar-refractivity contribution in [1.82, 2.24) is 9.47 Å². The van der Waals surface area contributed by atoms with E-state index in [4.69, 9.17) is 0 Å². The van der Waals surface area contributed by atoms with E-state index in [0.717, 1.165) is 12.8 Å². The van der Waals surface area contributed by atoms with Gasteiger partial charge in [-0.1, -0.05) is 36.4 Å². The third kappa shape index (κ3) is 3.04. The number of fused-ring (bicyclic) bond motifs is 3. The highest BCUT2D eigenvalue weighted by molar-refractivity contribution is 6.04. The SMILES string of the molecule is O=C(O)c1c(CN2[C@@H]3CC[C@@H]2CC(O)C3)n(-c2ccccc2)c(=O)c2ccccc12. The van der Waals surface area contributed by atoms with Crippen LogP contribution in [0.25, 0.3) is 16.5 Å². The van der Waals surface area contributed by atoms with Crippen LogP contribution in [0.15, 0.2) is 59.4 Å². The Morgan fingerprint density at radius 1 is 0.933 bits per heavy atom. The molecule has 1 aromatic heterocycles. The fourth-order valence-electron chi connectivity index (χ4n) is 5.31. The number of pyridine rings is 1. The van der Waals surface area contributed by atoms with Crippen LogP contribution in [-0.4, -0.2) is 43.8 Å². The van der Waals surface area contributed by atoms with Crippen LogP contribution in [0.4, 0.5) is 0 Å². The number of benzene rings is 2. The molecular weight excluding hydrogens is 380 g/mol. The second-order valence-corrected chi connectivity index (χ2v) is 8.33. The Hall–Kier alpha value is -2.96. The molecule has 0 aliphatic carbocycles. The van der Waals surface area contributed by atoms with E-state index >= 15 is 0 Å². The molecule has 3 heterocycles. The molecule has 0 spiro atoms. The highest BCUT2D eigenvalue weighted by atomic mass is 16.4. The van der Waals surface area contributed by atoms with Crippen LogP contribution in [0.5, 0.6) is 0 Å². The first-order valence-corrected chi connectivity index (χ1v) is 10.4. The number of hydrogen-bond acceptors (Lipinski definition) is 4. The fourth-order valence-corrected chi connectivity index (χ4v) is 5.31. The molecule has 2 N–H and O–H groups in total. The number of para-hydroxylation sites is 1. The molecule has 2 aromatic carbocycles. The molecule has 2 bridgehead atoms. The summed E-state index contributed by atoms with van der Waals surface area (Å²) in [7, 11) is 0. The Kier molecular flexibility index (Phi) is 4.68. The smallest absolute Gasteiger partial charge is 0.338 e. The molecule has 30 heavy (non-hydrogen) atoms. The molecule has 2 atom stereocenters. The first-order valence-electron chi connectivity index (χ1n) is 10.4. The topological polar surface area (TPSA) is 82.8 Å². The van der Waals surface area contributed by atoms with E-state index in [1.165, 1.54) is 0 Å². The summed E-state index contributed by atoms with van der Waals surface area (Å²) < 4.78 is 1.57. The average Bonchev–Trinajstić information content (AvgIpc) is 2.97. The number of carbonyl (C=O) groups is 1. The number of carboxylic acids is 1. The minimum absolute atomic E-state index is 0.180. The number of aliphatic hydroxyl groups is 1. The molecule has 2 aliphatic heterocycles. The van der Waals surface area contributed by atoms with Crippen LogP contribution in [0, 0.1) is 0 Å². The van der Waals surface area contributed by atoms with Crippen LogP contribution < -0.4 is 5.56 Å². The lowest BCUT2D eigenvalue weighted by molar-refractivity contribution is 0.0295. The van der Waals surface area contributed by atoms with Gasteiger partial charge in [-0.15, -0.1) is 0 Å². The number of hydrogen-bond donors (Lipinski definition) is 2. The Balaban J connectivity index is 1.76. The highest BCUT2D eigenvalue weighted by Crippen LogP contribution is 2.37. The van der Waals surface area contributed by atoms with Gasteiger partial charge in [-0.3, -0.25) is 14.3 Å². The highest BCUT2D eigenvalue weighted by Gasteiger charge is 2.41. The summed E-state index contributed by atoms with van der Waals surface area (Å²) in [4.78, 5) is 28.2. The van der Waals surface area contributed by atoms with E-state index in [1.54, 1.807) is 28.8 Å². The lowest BCUT2D eigenvalue weighted by Gasteiger charge is -2.37. The van der Waals surface area contributed by atoms with E-state index in [-0.39, 0.29) is 29.3 Å². The van der Waals surface area contributed by atoms with Gasteiger partial charge in [0.15, 0.2) is 0 Å². The average molecular weight is 404 g/mol. The summed E-state index contributed by atoms with van der Waals surface area (Å²) >= 11 is 0. The van der Waals surface area contributed by atoms with Gasteiger partial charge in [0.1, 0.15) is 0 Å². The maximum atomic E-state index is 13.5. The Labute approximate surface area is 174 Å². The summed E-state index contributed by atoms with van der Waals surface area (Å²) in [6, 6.07) is 16.6. The number of aliphatic hydroxyl groups excluding tert-OH is 1. The van der Waals surface area contributed by atoms with Gasteiger partial charge in [0, 0.05) is 35.1 Å². The van der Waals surface area contributed by atoms with Gasteiger partial charge in [0.05, 0.1) is 17.4 Å². The third-order valence-electron chi connectivity index (χ3n) is 6.61. The Morgan fingerprint density at radius 2 is 1.53 bits per heavy atom. The number of rotatable bonds is 4. The van der Waals surface area contributed by atoms with E-state index in [9.17, 15) is 19.8 Å². The van der Waals surface area contributed by atoms with Gasteiger partial charge < -0.3 is 10.2 Å². The molecule has 3 aromatic rings. The van der Waals surface area contributed by atoms with Crippen LogP contribution in [0.1, 0.15) is 41.7 Å². The molecule has 154 valence electrons. The maximum absolute atomic E-state index is 13.5. The molecule has 0 radical (unpaired) electrons. The molecule has 2 fully saturated rings. The Bertz CT molecular complexity index is 1160. The van der Waals surface area contributed by atoms with Crippen molar-refractivity contribution in [3.8, 4) is 5.69 Å². The lowest BCUT2D eigenvalue weighted by atomic mass is 9.97. The number of carboxylic acid groups (broad SMARTS) is 1. The Morgan fingerprint density at radius 3 is 2.17 bits per heavy atom. The van der Waals surface area contributed by atoms with Gasteiger partial charge in [-0.2, -0.15) is 0 Å². The van der Waals surface area contributed by atoms with Crippen molar-refractivity contribution in [2.45, 2.75) is 50.4 Å². The molecule has 6 heteroatoms. The van der Waals surface area contributed by atoms with Crippen molar-refractivity contribution in [3.63, 3.8) is 0 Å². The molecule has 2 aliphatic rings. The van der Waals surface area contributed by atoms with Crippen molar-refractivity contribution >= 4 is 16.7 Å². The van der Waals surface area contributed by atoms with Crippen LogP contribution in [0.2, 0.25) is 0 Å². The first-order chi connectivity index (χ1) is 14.5. The fraction of sp³-hybridized carbons (Fsp3) is 0.333. The monoisotopic (exact) mass is 404 g/mol. The number of aromatic nitrogens is 1. The van der Waals surface area contributed by atoms with Gasteiger partial charge >= 0.3 is 5.97 Å². The molecular formula is C24H24N2O4.